The molecule has 0 N–H and O–H groups in total. The van der Waals surface area contributed by atoms with Crippen LogP contribution in [0, 0.1) is 0 Å². The van der Waals surface area contributed by atoms with Gasteiger partial charge in [-0.2, -0.15) is 0 Å². The topological polar surface area (TPSA) is 78.9 Å². The van der Waals surface area contributed by atoms with Crippen molar-refractivity contribution >= 4 is 17.9 Å². The fraction of sp³-hybridized carbons (Fsp3) is 0.857. The normalized spacial score (nSPS) is 12.3. The van der Waals surface area contributed by atoms with Crippen LogP contribution in [0.1, 0.15) is 406 Å². The SMILES string of the molecule is CC/C=C\C/C=C\C/C=C\C/C=C\CCCCCCCCCCCCCCCCC(=O)OC(COC(=O)CCCCCCCCCCC)COC(=O)CCCCCCCCCCCCCCCCCCCCCCCCCCCCCCC. The van der Waals surface area contributed by atoms with Gasteiger partial charge in [0.05, 0.1) is 0 Å². The van der Waals surface area contributed by atoms with Gasteiger partial charge in [-0.3, -0.25) is 14.4 Å². The molecule has 0 heterocycles. The van der Waals surface area contributed by atoms with Crippen LogP contribution in [-0.2, 0) is 28.6 Å². The van der Waals surface area contributed by atoms with Gasteiger partial charge in [0.15, 0.2) is 6.10 Å². The van der Waals surface area contributed by atoms with Gasteiger partial charge in [0, 0.05) is 19.3 Å². The number of carbonyl (C=O) groups is 3. The lowest BCUT2D eigenvalue weighted by Gasteiger charge is -2.18. The average Bonchev–Trinajstić information content (AvgIpc) is 3.49. The van der Waals surface area contributed by atoms with Crippen molar-refractivity contribution in [2.75, 3.05) is 13.2 Å². The molecular weight excluding hydrogens is 1020 g/mol. The van der Waals surface area contributed by atoms with Crippen LogP contribution in [0.4, 0.5) is 0 Å². The number of unbranched alkanes of at least 4 members (excludes halogenated alkanes) is 50. The maximum atomic E-state index is 12.9. The van der Waals surface area contributed by atoms with Crippen molar-refractivity contribution in [1.82, 2.24) is 0 Å². The summed E-state index contributed by atoms with van der Waals surface area (Å²) in [4.78, 5) is 38.3. The number of esters is 3. The van der Waals surface area contributed by atoms with Gasteiger partial charge in [0.25, 0.3) is 0 Å². The molecular formula is C77H142O6. The second-order valence-electron chi connectivity index (χ2n) is 25.2. The van der Waals surface area contributed by atoms with E-state index in [1.807, 2.05) is 0 Å². The van der Waals surface area contributed by atoms with Crippen LogP contribution < -0.4 is 0 Å². The minimum absolute atomic E-state index is 0.0668. The summed E-state index contributed by atoms with van der Waals surface area (Å²) in [6.45, 7) is 6.58. The van der Waals surface area contributed by atoms with Gasteiger partial charge in [-0.15, -0.1) is 0 Å². The number of ether oxygens (including phenoxy) is 3. The lowest BCUT2D eigenvalue weighted by atomic mass is 10.0. The third-order valence-electron chi connectivity index (χ3n) is 16.8. The summed E-state index contributed by atoms with van der Waals surface area (Å²) in [7, 11) is 0. The maximum Gasteiger partial charge on any atom is 0.306 e. The molecule has 0 spiro atoms. The molecule has 0 fully saturated rings. The molecule has 83 heavy (non-hydrogen) atoms. The Hall–Kier alpha value is -2.63. The molecule has 0 radical (unpaired) electrons. The summed E-state index contributed by atoms with van der Waals surface area (Å²) in [5, 5.41) is 0. The summed E-state index contributed by atoms with van der Waals surface area (Å²) >= 11 is 0. The number of allylic oxidation sites excluding steroid dienone is 8. The molecule has 0 amide bonds. The fourth-order valence-corrected chi connectivity index (χ4v) is 11.3. The molecule has 0 aliphatic rings. The second-order valence-corrected chi connectivity index (χ2v) is 25.2. The molecule has 0 aromatic rings. The molecule has 1 atom stereocenters. The van der Waals surface area contributed by atoms with Crippen molar-refractivity contribution in [3.8, 4) is 0 Å². The van der Waals surface area contributed by atoms with Gasteiger partial charge in [0.1, 0.15) is 13.2 Å². The van der Waals surface area contributed by atoms with Gasteiger partial charge in [-0.05, 0) is 57.8 Å². The molecule has 0 bridgehead atoms. The Morgan fingerprint density at radius 3 is 0.735 bits per heavy atom. The summed E-state index contributed by atoms with van der Waals surface area (Å²) < 4.78 is 17.0. The number of carbonyl (C=O) groups excluding carboxylic acids is 3. The summed E-state index contributed by atoms with van der Waals surface area (Å²) in [5.74, 6) is -0.842. The minimum Gasteiger partial charge on any atom is -0.462 e. The lowest BCUT2D eigenvalue weighted by Crippen LogP contribution is -2.30. The van der Waals surface area contributed by atoms with Crippen LogP contribution in [0.2, 0.25) is 0 Å². The van der Waals surface area contributed by atoms with Gasteiger partial charge in [-0.1, -0.05) is 378 Å². The van der Waals surface area contributed by atoms with E-state index in [4.69, 9.17) is 14.2 Å². The van der Waals surface area contributed by atoms with Crippen molar-refractivity contribution < 1.29 is 28.6 Å². The Morgan fingerprint density at radius 1 is 0.253 bits per heavy atom. The van der Waals surface area contributed by atoms with E-state index in [2.05, 4.69) is 69.4 Å². The van der Waals surface area contributed by atoms with Crippen LogP contribution in [0.25, 0.3) is 0 Å². The van der Waals surface area contributed by atoms with Crippen LogP contribution >= 0.6 is 0 Å². The third kappa shape index (κ3) is 70.0. The first-order valence-corrected chi connectivity index (χ1v) is 37.1. The Kier molecular flexibility index (Phi) is 69.6. The van der Waals surface area contributed by atoms with Gasteiger partial charge < -0.3 is 14.2 Å². The molecule has 6 nitrogen and oxygen atoms in total. The summed E-state index contributed by atoms with van der Waals surface area (Å²) in [5.41, 5.74) is 0. The monoisotopic (exact) mass is 1160 g/mol. The molecule has 6 heteroatoms. The smallest absolute Gasteiger partial charge is 0.306 e. The standard InChI is InChI=1S/C77H142O6/c1-4-7-10-13-16-19-21-23-25-27-29-31-33-35-37-38-40-41-43-45-47-49-51-53-55-58-61-64-67-70-76(79)82-73-74(72-81-75(78)69-66-63-60-57-18-15-12-9-6-3)83-77(80)71-68-65-62-59-56-54-52-50-48-46-44-42-39-36-34-32-30-28-26-24-22-20-17-14-11-8-5-2/h8,11,17,20,24,26,30,32,74H,4-7,9-10,12-16,18-19,21-23,25,27-29,31,33-73H2,1-3H3/b11-8-,20-17-,26-24-,32-30-. The van der Waals surface area contributed by atoms with Crippen molar-refractivity contribution in [2.24, 2.45) is 0 Å². The van der Waals surface area contributed by atoms with Crippen LogP contribution in [0.3, 0.4) is 0 Å². The first-order valence-electron chi connectivity index (χ1n) is 37.1. The Bertz CT molecular complexity index is 1430. The highest BCUT2D eigenvalue weighted by Crippen LogP contribution is 2.19. The summed E-state index contributed by atoms with van der Waals surface area (Å²) in [6, 6.07) is 0. The molecule has 0 saturated carbocycles. The average molecular weight is 1160 g/mol. The van der Waals surface area contributed by atoms with Crippen LogP contribution in [0.5, 0.6) is 0 Å². The molecule has 0 aliphatic carbocycles. The van der Waals surface area contributed by atoms with Crippen molar-refractivity contribution in [2.45, 2.75) is 412 Å². The highest BCUT2D eigenvalue weighted by molar-refractivity contribution is 5.71. The molecule has 486 valence electrons. The maximum absolute atomic E-state index is 12.9. The van der Waals surface area contributed by atoms with Crippen molar-refractivity contribution in [1.29, 1.82) is 0 Å². The number of hydrogen-bond acceptors (Lipinski definition) is 6. The van der Waals surface area contributed by atoms with E-state index in [1.54, 1.807) is 0 Å². The molecule has 0 saturated heterocycles. The number of hydrogen-bond donors (Lipinski definition) is 0. The zero-order valence-corrected chi connectivity index (χ0v) is 56.0. The predicted molar refractivity (Wildman–Crippen MR) is 362 cm³/mol. The van der Waals surface area contributed by atoms with E-state index in [0.717, 1.165) is 83.5 Å². The summed E-state index contributed by atoms with van der Waals surface area (Å²) in [6.07, 6.45) is 91.8. The quantitative estimate of drug-likeness (QED) is 0.0261. The zero-order valence-electron chi connectivity index (χ0n) is 56.0. The Labute approximate surface area is 518 Å². The highest BCUT2D eigenvalue weighted by Gasteiger charge is 2.20. The zero-order chi connectivity index (χ0) is 59.9. The van der Waals surface area contributed by atoms with E-state index in [-0.39, 0.29) is 31.1 Å². The first kappa shape index (κ1) is 80.4. The van der Waals surface area contributed by atoms with E-state index in [0.29, 0.717) is 19.3 Å². The molecule has 0 aromatic carbocycles. The Balaban J connectivity index is 4.07. The minimum atomic E-state index is -0.770. The largest absolute Gasteiger partial charge is 0.462 e. The van der Waals surface area contributed by atoms with Crippen LogP contribution in [0.15, 0.2) is 48.6 Å². The molecule has 0 aromatic heterocycles. The van der Waals surface area contributed by atoms with E-state index < -0.39 is 6.10 Å². The highest BCUT2D eigenvalue weighted by atomic mass is 16.6. The van der Waals surface area contributed by atoms with E-state index in [1.165, 1.54) is 283 Å². The number of rotatable bonds is 69. The van der Waals surface area contributed by atoms with Crippen molar-refractivity contribution in [3.63, 3.8) is 0 Å². The van der Waals surface area contributed by atoms with Gasteiger partial charge >= 0.3 is 17.9 Å². The van der Waals surface area contributed by atoms with Gasteiger partial charge in [0.2, 0.25) is 0 Å². The predicted octanol–water partition coefficient (Wildman–Crippen LogP) is 25.7. The molecule has 1 unspecified atom stereocenters. The van der Waals surface area contributed by atoms with E-state index in [9.17, 15) is 14.4 Å². The lowest BCUT2D eigenvalue weighted by molar-refractivity contribution is -0.167. The van der Waals surface area contributed by atoms with Gasteiger partial charge in [-0.25, -0.2) is 0 Å². The Morgan fingerprint density at radius 2 is 0.470 bits per heavy atom. The fourth-order valence-electron chi connectivity index (χ4n) is 11.3. The molecule has 0 aliphatic heterocycles. The van der Waals surface area contributed by atoms with Crippen LogP contribution in [-0.4, -0.2) is 37.2 Å². The second kappa shape index (κ2) is 71.8. The first-order chi connectivity index (χ1) is 41.0. The van der Waals surface area contributed by atoms with Crippen molar-refractivity contribution in [3.05, 3.63) is 48.6 Å². The third-order valence-corrected chi connectivity index (χ3v) is 16.8. The van der Waals surface area contributed by atoms with E-state index >= 15 is 0 Å². The molecule has 0 rings (SSSR count).